The third-order valence-electron chi connectivity index (χ3n) is 6.66. The van der Waals surface area contributed by atoms with Gasteiger partial charge in [-0.3, -0.25) is 14.4 Å². The highest BCUT2D eigenvalue weighted by Gasteiger charge is 2.60. The fourth-order valence-electron chi connectivity index (χ4n) is 4.76. The lowest BCUT2D eigenvalue weighted by Gasteiger charge is -2.35. The Morgan fingerprint density at radius 3 is 2.57 bits per heavy atom. The standard InChI is InChI=1S/C25H23ClN2O7/c1-12-7-14(27-13-5-6-15-16(8-13)34-11-20(30)28(15)2)9-19(29)25(12)24(31)21-17(32-3)10-18(33-4)22(26)23(21)35-25/h5-6,8-10,12,27H,7,11H2,1-4H3/t12-,25+/m1/s1. The Balaban J connectivity index is 1.46. The number of likely N-dealkylation sites (N-methyl/N-ethyl adjacent to an activating group) is 1. The predicted molar refractivity (Wildman–Crippen MR) is 128 cm³/mol. The highest BCUT2D eigenvalue weighted by molar-refractivity contribution is 6.36. The first-order chi connectivity index (χ1) is 16.7. The Kier molecular flexibility index (Phi) is 5.40. The molecule has 1 spiro atoms. The van der Waals surface area contributed by atoms with Crippen molar-refractivity contribution < 1.29 is 33.3 Å². The number of rotatable bonds is 4. The van der Waals surface area contributed by atoms with E-state index < -0.39 is 23.1 Å². The lowest BCUT2D eigenvalue weighted by molar-refractivity contribution is -0.129. The molecule has 0 radical (unpaired) electrons. The van der Waals surface area contributed by atoms with Crippen LogP contribution in [-0.4, -0.2) is 50.9 Å². The molecule has 2 aromatic carbocycles. The maximum Gasteiger partial charge on any atom is 0.264 e. The number of carbonyl (C=O) groups excluding carboxylic acids is 3. The Morgan fingerprint density at radius 2 is 1.89 bits per heavy atom. The summed E-state index contributed by atoms with van der Waals surface area (Å²) in [6.07, 6.45) is 1.75. The maximum atomic E-state index is 13.6. The van der Waals surface area contributed by atoms with Crippen LogP contribution in [0.25, 0.3) is 0 Å². The molecule has 1 N–H and O–H groups in total. The molecule has 0 aromatic heterocycles. The fourth-order valence-corrected chi connectivity index (χ4v) is 5.02. The maximum absolute atomic E-state index is 13.6. The summed E-state index contributed by atoms with van der Waals surface area (Å²) in [5.41, 5.74) is 0.366. The van der Waals surface area contributed by atoms with E-state index >= 15 is 0 Å². The van der Waals surface area contributed by atoms with Crippen LogP contribution in [-0.2, 0) is 9.59 Å². The Bertz CT molecular complexity index is 1320. The summed E-state index contributed by atoms with van der Waals surface area (Å²) in [6, 6.07) is 6.84. The number of nitrogens with zero attached hydrogens (tertiary/aromatic N) is 1. The van der Waals surface area contributed by atoms with Gasteiger partial charge >= 0.3 is 0 Å². The monoisotopic (exact) mass is 498 g/mol. The highest BCUT2D eigenvalue weighted by atomic mass is 35.5. The number of carbonyl (C=O) groups is 3. The Morgan fingerprint density at radius 1 is 1.14 bits per heavy atom. The summed E-state index contributed by atoms with van der Waals surface area (Å²) < 4.78 is 22.2. The summed E-state index contributed by atoms with van der Waals surface area (Å²) in [7, 11) is 4.55. The first kappa shape index (κ1) is 23.0. The topological polar surface area (TPSA) is 103 Å². The van der Waals surface area contributed by atoms with Gasteiger partial charge in [-0.1, -0.05) is 18.5 Å². The molecule has 0 fully saturated rings. The van der Waals surface area contributed by atoms with Gasteiger partial charge in [0.15, 0.2) is 12.4 Å². The number of hydrogen-bond donors (Lipinski definition) is 1. The second-order valence-electron chi connectivity index (χ2n) is 8.65. The van der Waals surface area contributed by atoms with E-state index in [1.807, 2.05) is 0 Å². The van der Waals surface area contributed by atoms with E-state index in [2.05, 4.69) is 5.32 Å². The van der Waals surface area contributed by atoms with Crippen LogP contribution < -0.4 is 29.2 Å². The minimum absolute atomic E-state index is 0.0372. The van der Waals surface area contributed by atoms with Gasteiger partial charge in [0, 0.05) is 42.6 Å². The van der Waals surface area contributed by atoms with Crippen molar-refractivity contribution in [2.24, 2.45) is 5.92 Å². The van der Waals surface area contributed by atoms with Crippen LogP contribution in [0.4, 0.5) is 11.4 Å². The first-order valence-electron chi connectivity index (χ1n) is 10.9. The lowest BCUT2D eigenvalue weighted by Crippen LogP contribution is -2.55. The number of nitrogens with one attached hydrogen (secondary N) is 1. The largest absolute Gasteiger partial charge is 0.496 e. The van der Waals surface area contributed by atoms with E-state index in [1.165, 1.54) is 31.3 Å². The number of amides is 1. The van der Waals surface area contributed by atoms with Crippen LogP contribution in [0.5, 0.6) is 23.0 Å². The quantitative estimate of drug-likeness (QED) is 0.637. The number of halogens is 1. The molecule has 35 heavy (non-hydrogen) atoms. The van der Waals surface area contributed by atoms with E-state index in [0.29, 0.717) is 29.2 Å². The number of ketones is 2. The van der Waals surface area contributed by atoms with E-state index in [4.69, 9.17) is 30.5 Å². The molecule has 2 atom stereocenters. The molecule has 0 unspecified atom stereocenters. The third kappa shape index (κ3) is 3.33. The zero-order valence-corrected chi connectivity index (χ0v) is 20.3. The minimum atomic E-state index is -1.74. The van der Waals surface area contributed by atoms with Gasteiger partial charge in [0.05, 0.1) is 19.9 Å². The highest BCUT2D eigenvalue weighted by Crippen LogP contribution is 2.53. The number of benzene rings is 2. The normalized spacial score (nSPS) is 22.8. The van der Waals surface area contributed by atoms with Gasteiger partial charge in [-0.2, -0.15) is 0 Å². The van der Waals surface area contributed by atoms with Crippen LogP contribution in [0, 0.1) is 5.92 Å². The molecule has 10 heteroatoms. The molecule has 1 aliphatic carbocycles. The van der Waals surface area contributed by atoms with E-state index in [-0.39, 0.29) is 40.3 Å². The average molecular weight is 499 g/mol. The molecule has 2 heterocycles. The summed E-state index contributed by atoms with van der Waals surface area (Å²) in [6.45, 7) is 1.75. The van der Waals surface area contributed by atoms with E-state index in [1.54, 1.807) is 32.2 Å². The average Bonchev–Trinajstić information content (AvgIpc) is 3.15. The SMILES string of the molecule is COc1cc(OC)c2c(c1Cl)O[C@@]1(C(=O)C=C(Nc3ccc4c(c3)OCC(=O)N4C)C[C@H]1C)C2=O. The van der Waals surface area contributed by atoms with Crippen LogP contribution in [0.3, 0.4) is 0 Å². The van der Waals surface area contributed by atoms with Crippen molar-refractivity contribution in [1.82, 2.24) is 0 Å². The van der Waals surface area contributed by atoms with Crippen LogP contribution in [0.15, 0.2) is 36.0 Å². The van der Waals surface area contributed by atoms with E-state index in [0.717, 1.165) is 0 Å². The molecule has 0 saturated heterocycles. The minimum Gasteiger partial charge on any atom is -0.496 e. The van der Waals surface area contributed by atoms with Crippen molar-refractivity contribution >= 4 is 40.4 Å². The summed E-state index contributed by atoms with van der Waals surface area (Å²) in [5, 5.41) is 3.34. The van der Waals surface area contributed by atoms with Crippen molar-refractivity contribution in [3.63, 3.8) is 0 Å². The number of fused-ring (bicyclic) bond motifs is 2. The molecule has 3 aliphatic rings. The third-order valence-corrected chi connectivity index (χ3v) is 7.02. The summed E-state index contributed by atoms with van der Waals surface area (Å²) >= 11 is 6.43. The molecular formula is C25H23ClN2O7. The molecule has 1 amide bonds. The molecule has 0 saturated carbocycles. The molecule has 9 nitrogen and oxygen atoms in total. The van der Waals surface area contributed by atoms with Crippen molar-refractivity contribution in [2.75, 3.05) is 38.1 Å². The number of anilines is 2. The van der Waals surface area contributed by atoms with Gasteiger partial charge in [0.1, 0.15) is 27.8 Å². The Hall–Kier alpha value is -3.72. The van der Waals surface area contributed by atoms with Gasteiger partial charge in [0.25, 0.3) is 5.91 Å². The van der Waals surface area contributed by atoms with Gasteiger partial charge in [0.2, 0.25) is 17.2 Å². The van der Waals surface area contributed by atoms with Crippen LogP contribution >= 0.6 is 11.6 Å². The smallest absolute Gasteiger partial charge is 0.264 e. The second-order valence-corrected chi connectivity index (χ2v) is 9.03. The van der Waals surface area contributed by atoms with Gasteiger partial charge in [-0.25, -0.2) is 0 Å². The van der Waals surface area contributed by atoms with E-state index in [9.17, 15) is 14.4 Å². The molecule has 2 aromatic rings. The zero-order valence-electron chi connectivity index (χ0n) is 19.6. The van der Waals surface area contributed by atoms with Gasteiger partial charge < -0.3 is 29.2 Å². The number of hydrogen-bond acceptors (Lipinski definition) is 8. The van der Waals surface area contributed by atoms with Crippen LogP contribution in [0.1, 0.15) is 23.7 Å². The van der Waals surface area contributed by atoms with Crippen LogP contribution in [0.2, 0.25) is 5.02 Å². The molecule has 2 aliphatic heterocycles. The molecule has 5 rings (SSSR count). The van der Waals surface area contributed by atoms with Crippen molar-refractivity contribution in [3.05, 3.63) is 46.6 Å². The number of ether oxygens (including phenoxy) is 4. The first-order valence-corrected chi connectivity index (χ1v) is 11.3. The summed E-state index contributed by atoms with van der Waals surface area (Å²) in [4.78, 5) is 40.4. The lowest BCUT2D eigenvalue weighted by atomic mass is 9.74. The zero-order chi connectivity index (χ0) is 25.1. The number of methoxy groups -OCH3 is 2. The second kappa shape index (κ2) is 8.20. The molecule has 182 valence electrons. The van der Waals surface area contributed by atoms with Crippen molar-refractivity contribution in [2.45, 2.75) is 18.9 Å². The van der Waals surface area contributed by atoms with Gasteiger partial charge in [-0.15, -0.1) is 0 Å². The molecule has 0 bridgehead atoms. The Labute approximate surface area is 206 Å². The summed E-state index contributed by atoms with van der Waals surface area (Å²) in [5.74, 6) is -0.459. The van der Waals surface area contributed by atoms with Crippen molar-refractivity contribution in [1.29, 1.82) is 0 Å². The van der Waals surface area contributed by atoms with Gasteiger partial charge in [-0.05, 0) is 18.6 Å². The fraction of sp³-hybridized carbons (Fsp3) is 0.320. The van der Waals surface area contributed by atoms with Crippen molar-refractivity contribution in [3.8, 4) is 23.0 Å². The predicted octanol–water partition coefficient (Wildman–Crippen LogP) is 3.63. The molecular weight excluding hydrogens is 476 g/mol. The number of allylic oxidation sites excluding steroid dienone is 1. The number of Topliss-reactive ketones (excluding diaryl/α,β-unsaturated/α-hetero) is 1.